The molecule has 2 aromatic rings. The van der Waals surface area contributed by atoms with Crippen molar-refractivity contribution in [1.29, 1.82) is 0 Å². The lowest BCUT2D eigenvalue weighted by atomic mass is 10.2. The summed E-state index contributed by atoms with van der Waals surface area (Å²) < 4.78 is 5.60. The van der Waals surface area contributed by atoms with Crippen molar-refractivity contribution in [3.63, 3.8) is 0 Å². The van der Waals surface area contributed by atoms with Crippen LogP contribution in [0.2, 0.25) is 0 Å². The summed E-state index contributed by atoms with van der Waals surface area (Å²) in [4.78, 5) is 7.87. The Labute approximate surface area is 124 Å². The number of hydrogen-bond donors (Lipinski definition) is 1. The molecule has 0 spiro atoms. The minimum Gasteiger partial charge on any atom is -0.464 e. The first-order valence-corrected chi connectivity index (χ1v) is 7.78. The number of nitrogens with zero attached hydrogens (tertiary/aromatic N) is 2. The molecule has 5 heteroatoms. The van der Waals surface area contributed by atoms with Gasteiger partial charge in [-0.25, -0.2) is 4.98 Å². The number of rotatable bonds is 7. The molecule has 0 atom stereocenters. The van der Waals surface area contributed by atoms with Gasteiger partial charge in [0.1, 0.15) is 11.5 Å². The number of anilines is 1. The van der Waals surface area contributed by atoms with Crippen LogP contribution in [-0.4, -0.2) is 18.6 Å². The highest BCUT2D eigenvalue weighted by molar-refractivity contribution is 7.15. The third kappa shape index (κ3) is 4.35. The molecule has 110 valence electrons. The Hall–Kier alpha value is -1.33. The van der Waals surface area contributed by atoms with Gasteiger partial charge in [0.25, 0.3) is 0 Å². The molecule has 0 aliphatic heterocycles. The smallest absolute Gasteiger partial charge is 0.185 e. The molecule has 0 aromatic carbocycles. The summed E-state index contributed by atoms with van der Waals surface area (Å²) in [5.41, 5.74) is 0. The normalized spacial score (nSPS) is 11.2. The fraction of sp³-hybridized carbons (Fsp3) is 0.533. The van der Waals surface area contributed by atoms with Crippen molar-refractivity contribution in [2.45, 2.75) is 33.9 Å². The monoisotopic (exact) mass is 293 g/mol. The van der Waals surface area contributed by atoms with Gasteiger partial charge in [-0.05, 0) is 31.5 Å². The fourth-order valence-electron chi connectivity index (χ4n) is 1.91. The number of hydrogen-bond acceptors (Lipinski definition) is 5. The van der Waals surface area contributed by atoms with E-state index in [1.165, 1.54) is 4.88 Å². The first-order valence-electron chi connectivity index (χ1n) is 6.96. The lowest BCUT2D eigenvalue weighted by Crippen LogP contribution is -2.18. The maximum atomic E-state index is 5.60. The van der Waals surface area contributed by atoms with E-state index < -0.39 is 0 Å². The summed E-state index contributed by atoms with van der Waals surface area (Å²) in [6.07, 6.45) is 1.96. The second kappa shape index (κ2) is 6.90. The molecule has 2 heterocycles. The van der Waals surface area contributed by atoms with Gasteiger partial charge in [0, 0.05) is 24.7 Å². The molecule has 0 amide bonds. The second-order valence-corrected chi connectivity index (χ2v) is 6.60. The highest BCUT2D eigenvalue weighted by atomic mass is 32.1. The van der Waals surface area contributed by atoms with E-state index in [2.05, 4.69) is 29.0 Å². The zero-order valence-corrected chi connectivity index (χ0v) is 13.5. The van der Waals surface area contributed by atoms with Crippen LogP contribution in [0.5, 0.6) is 0 Å². The molecule has 0 bridgehead atoms. The van der Waals surface area contributed by atoms with Crippen molar-refractivity contribution in [3.05, 3.63) is 34.7 Å². The van der Waals surface area contributed by atoms with Crippen LogP contribution in [0.25, 0.3) is 0 Å². The van der Waals surface area contributed by atoms with Gasteiger partial charge in [0.05, 0.1) is 6.54 Å². The Morgan fingerprint density at radius 3 is 2.85 bits per heavy atom. The van der Waals surface area contributed by atoms with E-state index in [1.807, 2.05) is 32.3 Å². The Morgan fingerprint density at radius 2 is 2.20 bits per heavy atom. The Balaban J connectivity index is 1.87. The average Bonchev–Trinajstić information content (AvgIpc) is 2.98. The minimum absolute atomic E-state index is 0.673. The van der Waals surface area contributed by atoms with Crippen LogP contribution < -0.4 is 10.2 Å². The van der Waals surface area contributed by atoms with Crippen LogP contribution in [-0.2, 0) is 13.1 Å². The first kappa shape index (κ1) is 15.1. The summed E-state index contributed by atoms with van der Waals surface area (Å²) in [7, 11) is 2.04. The molecule has 0 saturated heterocycles. The molecule has 2 aromatic heterocycles. The van der Waals surface area contributed by atoms with Gasteiger partial charge in [0.2, 0.25) is 0 Å². The number of aromatic nitrogens is 1. The fourth-order valence-corrected chi connectivity index (χ4v) is 2.75. The summed E-state index contributed by atoms with van der Waals surface area (Å²) in [6.45, 7) is 9.07. The summed E-state index contributed by atoms with van der Waals surface area (Å²) in [6, 6.07) is 4.01. The molecule has 0 aliphatic carbocycles. The quantitative estimate of drug-likeness (QED) is 0.849. The van der Waals surface area contributed by atoms with Gasteiger partial charge >= 0.3 is 0 Å². The van der Waals surface area contributed by atoms with E-state index in [0.29, 0.717) is 5.92 Å². The van der Waals surface area contributed by atoms with E-state index in [4.69, 9.17) is 4.42 Å². The third-order valence-corrected chi connectivity index (χ3v) is 4.02. The topological polar surface area (TPSA) is 41.3 Å². The third-order valence-electron chi connectivity index (χ3n) is 2.91. The highest BCUT2D eigenvalue weighted by Crippen LogP contribution is 2.23. The van der Waals surface area contributed by atoms with Crippen molar-refractivity contribution in [3.8, 4) is 0 Å². The molecule has 0 radical (unpaired) electrons. The van der Waals surface area contributed by atoms with E-state index in [-0.39, 0.29) is 0 Å². The van der Waals surface area contributed by atoms with Crippen molar-refractivity contribution in [1.82, 2.24) is 10.3 Å². The molecule has 0 aliphatic rings. The Kier molecular flexibility index (Phi) is 5.20. The average molecular weight is 293 g/mol. The van der Waals surface area contributed by atoms with E-state index in [9.17, 15) is 0 Å². The zero-order valence-electron chi connectivity index (χ0n) is 12.6. The standard InChI is InChI=1S/C15H23N3OS/c1-11(2)7-16-8-14-9-17-15(20-14)18(4)10-13-6-5-12(3)19-13/h5-6,9,11,16H,7-8,10H2,1-4H3. The summed E-state index contributed by atoms with van der Waals surface area (Å²) in [5.74, 6) is 2.60. The largest absolute Gasteiger partial charge is 0.464 e. The van der Waals surface area contributed by atoms with Crippen LogP contribution in [0.15, 0.2) is 22.7 Å². The van der Waals surface area contributed by atoms with Crippen LogP contribution >= 0.6 is 11.3 Å². The molecule has 0 fully saturated rings. The number of furan rings is 1. The van der Waals surface area contributed by atoms with Gasteiger partial charge in [-0.1, -0.05) is 13.8 Å². The molecule has 2 rings (SSSR count). The van der Waals surface area contributed by atoms with Gasteiger partial charge in [-0.3, -0.25) is 0 Å². The maximum absolute atomic E-state index is 5.60. The number of thiazole rings is 1. The van der Waals surface area contributed by atoms with Crippen LogP contribution in [0, 0.1) is 12.8 Å². The first-order chi connectivity index (χ1) is 9.54. The molecule has 20 heavy (non-hydrogen) atoms. The molecular formula is C15H23N3OS. The lowest BCUT2D eigenvalue weighted by Gasteiger charge is -2.13. The number of aryl methyl sites for hydroxylation is 1. The summed E-state index contributed by atoms with van der Waals surface area (Å²) in [5, 5.41) is 4.47. The van der Waals surface area contributed by atoms with Crippen molar-refractivity contribution >= 4 is 16.5 Å². The Morgan fingerprint density at radius 1 is 1.40 bits per heavy atom. The van der Waals surface area contributed by atoms with E-state index in [0.717, 1.165) is 36.3 Å². The van der Waals surface area contributed by atoms with Crippen LogP contribution in [0.3, 0.4) is 0 Å². The predicted molar refractivity (Wildman–Crippen MR) is 84.2 cm³/mol. The van der Waals surface area contributed by atoms with Crippen LogP contribution in [0.1, 0.15) is 30.2 Å². The van der Waals surface area contributed by atoms with Gasteiger partial charge in [-0.15, -0.1) is 11.3 Å². The van der Waals surface area contributed by atoms with Crippen molar-refractivity contribution in [2.24, 2.45) is 5.92 Å². The highest BCUT2D eigenvalue weighted by Gasteiger charge is 2.09. The molecule has 0 saturated carbocycles. The second-order valence-electron chi connectivity index (χ2n) is 5.50. The van der Waals surface area contributed by atoms with Crippen LogP contribution in [0.4, 0.5) is 5.13 Å². The summed E-state index contributed by atoms with van der Waals surface area (Å²) >= 11 is 1.73. The molecular weight excluding hydrogens is 270 g/mol. The minimum atomic E-state index is 0.673. The maximum Gasteiger partial charge on any atom is 0.185 e. The Bertz CT molecular complexity index is 533. The molecule has 0 unspecified atom stereocenters. The lowest BCUT2D eigenvalue weighted by molar-refractivity contribution is 0.481. The number of nitrogens with one attached hydrogen (secondary N) is 1. The van der Waals surface area contributed by atoms with E-state index >= 15 is 0 Å². The SMILES string of the molecule is Cc1ccc(CN(C)c2ncc(CNCC(C)C)s2)o1. The zero-order chi connectivity index (χ0) is 14.5. The van der Waals surface area contributed by atoms with E-state index in [1.54, 1.807) is 11.3 Å². The van der Waals surface area contributed by atoms with Gasteiger partial charge < -0.3 is 14.6 Å². The van der Waals surface area contributed by atoms with Gasteiger partial charge in [-0.2, -0.15) is 0 Å². The van der Waals surface area contributed by atoms with Crippen molar-refractivity contribution in [2.75, 3.05) is 18.5 Å². The molecule has 1 N–H and O–H groups in total. The van der Waals surface area contributed by atoms with Crippen molar-refractivity contribution < 1.29 is 4.42 Å². The molecule has 4 nitrogen and oxygen atoms in total. The van der Waals surface area contributed by atoms with Gasteiger partial charge in [0.15, 0.2) is 5.13 Å². The predicted octanol–water partition coefficient (Wildman–Crippen LogP) is 3.43.